The number of hydrogen-bond donors (Lipinski definition) is 3. The van der Waals surface area contributed by atoms with Crippen LogP contribution in [-0.2, 0) is 12.2 Å². The van der Waals surface area contributed by atoms with E-state index in [9.17, 15) is 4.39 Å². The summed E-state index contributed by atoms with van der Waals surface area (Å²) in [6.45, 7) is 1.43. The first-order chi connectivity index (χ1) is 11.2. The summed E-state index contributed by atoms with van der Waals surface area (Å²) < 4.78 is 13.0. The van der Waals surface area contributed by atoms with E-state index < -0.39 is 0 Å². The molecule has 2 aromatic rings. The molecule has 2 rings (SSSR count). The fourth-order valence-electron chi connectivity index (χ4n) is 2.01. The number of H-pyrrole nitrogens is 1. The van der Waals surface area contributed by atoms with E-state index in [1.165, 1.54) is 6.07 Å². The molecular formula is C16H22FN5S. The fourth-order valence-corrected chi connectivity index (χ4v) is 2.82. The number of benzene rings is 1. The number of thioether (sulfide) groups is 1. The second kappa shape index (κ2) is 9.89. The van der Waals surface area contributed by atoms with E-state index in [0.29, 0.717) is 12.5 Å². The van der Waals surface area contributed by atoms with Gasteiger partial charge in [0.15, 0.2) is 5.96 Å². The van der Waals surface area contributed by atoms with Crippen molar-refractivity contribution in [3.05, 3.63) is 53.9 Å². The smallest absolute Gasteiger partial charge is 0.188 e. The number of aliphatic imine (C=N–C) groups is 1. The molecule has 1 aromatic carbocycles. The topological polar surface area (TPSA) is 79.1 Å². The zero-order valence-electron chi connectivity index (χ0n) is 13.0. The maximum absolute atomic E-state index is 13.0. The van der Waals surface area contributed by atoms with Crippen LogP contribution in [0.3, 0.4) is 0 Å². The number of nitrogens with two attached hydrogens (primary N) is 1. The average Bonchev–Trinajstić information content (AvgIpc) is 3.05. The maximum Gasteiger partial charge on any atom is 0.188 e. The van der Waals surface area contributed by atoms with Gasteiger partial charge in [-0.3, -0.25) is 4.99 Å². The Labute approximate surface area is 140 Å². The van der Waals surface area contributed by atoms with E-state index in [0.717, 1.165) is 42.1 Å². The third-order valence-corrected chi connectivity index (χ3v) is 4.18. The molecule has 7 heteroatoms. The Bertz CT molecular complexity index is 600. The number of imidazole rings is 1. The van der Waals surface area contributed by atoms with Crippen LogP contribution >= 0.6 is 11.8 Å². The Morgan fingerprint density at radius 1 is 1.43 bits per heavy atom. The van der Waals surface area contributed by atoms with E-state index in [1.807, 2.05) is 12.3 Å². The van der Waals surface area contributed by atoms with Gasteiger partial charge in [0.05, 0.1) is 6.33 Å². The zero-order chi connectivity index (χ0) is 16.3. The van der Waals surface area contributed by atoms with Crippen molar-refractivity contribution in [3.8, 4) is 0 Å². The number of halogens is 1. The van der Waals surface area contributed by atoms with Crippen molar-refractivity contribution in [2.24, 2.45) is 10.7 Å². The molecule has 0 spiro atoms. The number of nitrogens with one attached hydrogen (secondary N) is 2. The van der Waals surface area contributed by atoms with Crippen LogP contribution < -0.4 is 11.1 Å². The van der Waals surface area contributed by atoms with Crippen LogP contribution in [0, 0.1) is 5.82 Å². The minimum absolute atomic E-state index is 0.187. The third kappa shape index (κ3) is 7.19. The zero-order valence-corrected chi connectivity index (χ0v) is 13.8. The Morgan fingerprint density at radius 2 is 2.35 bits per heavy atom. The SMILES string of the molecule is NC(=NCCCc1cnc[nH]1)NCCSCc1cccc(F)c1. The largest absolute Gasteiger partial charge is 0.370 e. The lowest BCUT2D eigenvalue weighted by atomic mass is 10.2. The van der Waals surface area contributed by atoms with Crippen LogP contribution in [0.2, 0.25) is 0 Å². The number of aromatic amines is 1. The van der Waals surface area contributed by atoms with E-state index in [2.05, 4.69) is 20.3 Å². The Kier molecular flexibility index (Phi) is 7.45. The Balaban J connectivity index is 1.52. The highest BCUT2D eigenvalue weighted by Gasteiger charge is 1.97. The first-order valence-electron chi connectivity index (χ1n) is 7.57. The molecule has 1 aromatic heterocycles. The summed E-state index contributed by atoms with van der Waals surface area (Å²) in [6.07, 6.45) is 5.34. The lowest BCUT2D eigenvalue weighted by Crippen LogP contribution is -2.33. The van der Waals surface area contributed by atoms with Crippen molar-refractivity contribution in [1.29, 1.82) is 0 Å². The summed E-state index contributed by atoms with van der Waals surface area (Å²) in [5, 5.41) is 3.09. The highest BCUT2D eigenvalue weighted by atomic mass is 32.2. The second-order valence-electron chi connectivity index (χ2n) is 5.06. The molecular weight excluding hydrogens is 313 g/mol. The average molecular weight is 335 g/mol. The van der Waals surface area contributed by atoms with Crippen LogP contribution in [0.5, 0.6) is 0 Å². The van der Waals surface area contributed by atoms with Crippen LogP contribution in [0.1, 0.15) is 17.7 Å². The van der Waals surface area contributed by atoms with Gasteiger partial charge in [0.1, 0.15) is 5.82 Å². The lowest BCUT2D eigenvalue weighted by molar-refractivity contribution is 0.626. The highest BCUT2D eigenvalue weighted by molar-refractivity contribution is 7.98. The van der Waals surface area contributed by atoms with Crippen molar-refractivity contribution in [2.75, 3.05) is 18.8 Å². The standard InChI is InChI=1S/C16H22FN5S/c17-14-4-1-3-13(9-14)11-23-8-7-21-16(18)20-6-2-5-15-10-19-12-22-15/h1,3-4,9-10,12H,2,5-8,11H2,(H,19,22)(H3,18,20,21). The molecule has 0 amide bonds. The number of rotatable bonds is 9. The van der Waals surface area contributed by atoms with Gasteiger partial charge in [0, 0.05) is 36.5 Å². The Hall–Kier alpha value is -2.02. The minimum atomic E-state index is -0.187. The predicted molar refractivity (Wildman–Crippen MR) is 94.0 cm³/mol. The van der Waals surface area contributed by atoms with Crippen molar-refractivity contribution in [1.82, 2.24) is 15.3 Å². The van der Waals surface area contributed by atoms with Crippen LogP contribution in [0.15, 0.2) is 41.8 Å². The monoisotopic (exact) mass is 335 g/mol. The quantitative estimate of drug-likeness (QED) is 0.373. The number of nitrogens with zero attached hydrogens (tertiary/aromatic N) is 2. The van der Waals surface area contributed by atoms with Gasteiger partial charge >= 0.3 is 0 Å². The van der Waals surface area contributed by atoms with Gasteiger partial charge in [-0.15, -0.1) is 0 Å². The number of aromatic nitrogens is 2. The molecule has 0 aliphatic heterocycles. The minimum Gasteiger partial charge on any atom is -0.370 e. The van der Waals surface area contributed by atoms with Gasteiger partial charge in [-0.2, -0.15) is 11.8 Å². The molecule has 4 N–H and O–H groups in total. The third-order valence-electron chi connectivity index (χ3n) is 3.15. The molecule has 124 valence electrons. The Morgan fingerprint density at radius 3 is 3.13 bits per heavy atom. The number of aryl methyl sites for hydroxylation is 1. The molecule has 5 nitrogen and oxygen atoms in total. The fraction of sp³-hybridized carbons (Fsp3) is 0.375. The van der Waals surface area contributed by atoms with Crippen molar-refractivity contribution < 1.29 is 4.39 Å². The lowest BCUT2D eigenvalue weighted by Gasteiger charge is -2.06. The maximum atomic E-state index is 13.0. The van der Waals surface area contributed by atoms with Gasteiger partial charge in [0.2, 0.25) is 0 Å². The van der Waals surface area contributed by atoms with Gasteiger partial charge in [-0.05, 0) is 30.5 Å². The molecule has 0 aliphatic rings. The number of hydrogen-bond acceptors (Lipinski definition) is 3. The molecule has 0 aliphatic carbocycles. The van der Waals surface area contributed by atoms with E-state index in [4.69, 9.17) is 5.73 Å². The van der Waals surface area contributed by atoms with Gasteiger partial charge in [0.25, 0.3) is 0 Å². The van der Waals surface area contributed by atoms with Crippen LogP contribution in [0.25, 0.3) is 0 Å². The normalized spacial score (nSPS) is 11.6. The molecule has 0 fully saturated rings. The van der Waals surface area contributed by atoms with Crippen molar-refractivity contribution in [2.45, 2.75) is 18.6 Å². The number of guanidine groups is 1. The molecule has 0 bridgehead atoms. The van der Waals surface area contributed by atoms with Gasteiger partial charge < -0.3 is 16.0 Å². The molecule has 23 heavy (non-hydrogen) atoms. The molecule has 0 unspecified atom stereocenters. The first-order valence-corrected chi connectivity index (χ1v) is 8.73. The molecule has 1 heterocycles. The van der Waals surface area contributed by atoms with Crippen molar-refractivity contribution in [3.63, 3.8) is 0 Å². The summed E-state index contributed by atoms with van der Waals surface area (Å²) in [6, 6.07) is 6.69. The summed E-state index contributed by atoms with van der Waals surface area (Å²) >= 11 is 1.73. The summed E-state index contributed by atoms with van der Waals surface area (Å²) in [4.78, 5) is 11.3. The molecule has 0 atom stereocenters. The van der Waals surface area contributed by atoms with E-state index in [1.54, 1.807) is 30.2 Å². The van der Waals surface area contributed by atoms with Gasteiger partial charge in [-0.25, -0.2) is 9.37 Å². The predicted octanol–water partition coefficient (Wildman–Crippen LogP) is 2.32. The second-order valence-corrected chi connectivity index (χ2v) is 6.16. The van der Waals surface area contributed by atoms with E-state index >= 15 is 0 Å². The van der Waals surface area contributed by atoms with Crippen LogP contribution in [-0.4, -0.2) is 34.8 Å². The summed E-state index contributed by atoms with van der Waals surface area (Å²) in [5.74, 6) is 1.97. The van der Waals surface area contributed by atoms with Crippen LogP contribution in [0.4, 0.5) is 4.39 Å². The summed E-state index contributed by atoms with van der Waals surface area (Å²) in [7, 11) is 0. The molecule has 0 saturated heterocycles. The summed E-state index contributed by atoms with van der Waals surface area (Å²) in [5.41, 5.74) is 7.91. The first kappa shape index (κ1) is 17.3. The van der Waals surface area contributed by atoms with Gasteiger partial charge in [-0.1, -0.05) is 12.1 Å². The highest BCUT2D eigenvalue weighted by Crippen LogP contribution is 2.12. The molecule has 0 saturated carbocycles. The molecule has 0 radical (unpaired) electrons. The van der Waals surface area contributed by atoms with Crippen molar-refractivity contribution >= 4 is 17.7 Å². The van der Waals surface area contributed by atoms with E-state index in [-0.39, 0.29) is 5.82 Å².